The Morgan fingerprint density at radius 2 is 1.86 bits per heavy atom. The highest BCUT2D eigenvalue weighted by atomic mass is 32.2. The molecule has 1 heterocycles. The zero-order valence-electron chi connectivity index (χ0n) is 16.8. The Hall–Kier alpha value is -2.99. The zero-order valence-corrected chi connectivity index (χ0v) is 17.6. The van der Waals surface area contributed by atoms with Crippen molar-refractivity contribution in [1.82, 2.24) is 9.88 Å². The molecule has 0 fully saturated rings. The average Bonchev–Trinajstić information content (AvgIpc) is 2.78. The molecule has 2 aromatic carbocycles. The first-order valence-electron chi connectivity index (χ1n) is 9.19. The summed E-state index contributed by atoms with van der Waals surface area (Å²) in [7, 11) is 5.02. The van der Waals surface area contributed by atoms with Crippen molar-refractivity contribution in [2.75, 3.05) is 21.3 Å². The topological polar surface area (TPSA) is 51.7 Å². The van der Waals surface area contributed by atoms with Gasteiger partial charge in [-0.05, 0) is 48.0 Å². The van der Waals surface area contributed by atoms with E-state index >= 15 is 0 Å². The number of benzene rings is 2. The van der Waals surface area contributed by atoms with Crippen LogP contribution in [0.15, 0.2) is 71.9 Å². The van der Waals surface area contributed by atoms with Gasteiger partial charge in [0, 0.05) is 53.8 Å². The maximum Gasteiger partial charge on any atom is 0.253 e. The summed E-state index contributed by atoms with van der Waals surface area (Å²) in [6.07, 6.45) is 3.64. The monoisotopic (exact) mass is 408 g/mol. The van der Waals surface area contributed by atoms with Crippen LogP contribution in [0.25, 0.3) is 0 Å². The maximum atomic E-state index is 12.8. The van der Waals surface area contributed by atoms with Crippen molar-refractivity contribution in [1.29, 1.82) is 0 Å². The van der Waals surface area contributed by atoms with Gasteiger partial charge >= 0.3 is 0 Å². The highest BCUT2D eigenvalue weighted by Gasteiger charge is 2.15. The third kappa shape index (κ3) is 5.51. The molecule has 0 N–H and O–H groups in total. The third-order valence-electron chi connectivity index (χ3n) is 4.48. The van der Waals surface area contributed by atoms with Crippen LogP contribution in [0.5, 0.6) is 11.5 Å². The molecule has 3 rings (SSSR count). The summed E-state index contributed by atoms with van der Waals surface area (Å²) in [5.41, 5.74) is 2.75. The summed E-state index contributed by atoms with van der Waals surface area (Å²) in [6, 6.07) is 17.3. The molecule has 29 heavy (non-hydrogen) atoms. The van der Waals surface area contributed by atoms with Crippen LogP contribution in [-0.2, 0) is 12.3 Å². The van der Waals surface area contributed by atoms with E-state index in [4.69, 9.17) is 9.47 Å². The van der Waals surface area contributed by atoms with Crippen molar-refractivity contribution < 1.29 is 14.3 Å². The van der Waals surface area contributed by atoms with Crippen LogP contribution in [0, 0.1) is 0 Å². The molecule has 0 aliphatic heterocycles. The number of carbonyl (C=O) groups excluding carboxylic acids is 1. The number of aromatic nitrogens is 1. The Morgan fingerprint density at radius 3 is 2.52 bits per heavy atom. The van der Waals surface area contributed by atoms with Gasteiger partial charge in [0.1, 0.15) is 11.5 Å². The molecule has 0 unspecified atom stereocenters. The van der Waals surface area contributed by atoms with Crippen LogP contribution in [-0.4, -0.2) is 37.1 Å². The molecule has 0 spiro atoms. The fourth-order valence-electron chi connectivity index (χ4n) is 2.87. The van der Waals surface area contributed by atoms with Crippen LogP contribution >= 0.6 is 11.8 Å². The van der Waals surface area contributed by atoms with E-state index in [0.29, 0.717) is 17.9 Å². The average molecular weight is 409 g/mol. The molecule has 0 aliphatic rings. The van der Waals surface area contributed by atoms with Crippen LogP contribution in [0.2, 0.25) is 0 Å². The lowest BCUT2D eigenvalue weighted by atomic mass is 10.1. The summed E-state index contributed by atoms with van der Waals surface area (Å²) in [5, 5.41) is 0. The molecule has 0 aliphatic carbocycles. The second-order valence-corrected chi connectivity index (χ2v) is 7.56. The number of rotatable bonds is 8. The summed E-state index contributed by atoms with van der Waals surface area (Å²) >= 11 is 1.72. The Balaban J connectivity index is 1.62. The van der Waals surface area contributed by atoms with Crippen molar-refractivity contribution in [3.05, 3.63) is 83.7 Å². The van der Waals surface area contributed by atoms with Crippen molar-refractivity contribution >= 4 is 17.7 Å². The van der Waals surface area contributed by atoms with E-state index in [9.17, 15) is 4.79 Å². The van der Waals surface area contributed by atoms with Crippen molar-refractivity contribution in [2.24, 2.45) is 0 Å². The molecule has 150 valence electrons. The lowest BCUT2D eigenvalue weighted by Crippen LogP contribution is -2.26. The molecule has 0 saturated heterocycles. The number of carbonyl (C=O) groups is 1. The smallest absolute Gasteiger partial charge is 0.253 e. The van der Waals surface area contributed by atoms with E-state index in [0.717, 1.165) is 22.0 Å². The molecule has 3 aromatic rings. The molecular formula is C23H24N2O3S. The molecule has 1 amide bonds. The fourth-order valence-corrected chi connectivity index (χ4v) is 3.71. The van der Waals surface area contributed by atoms with Crippen LogP contribution in [0.4, 0.5) is 0 Å². The molecule has 0 bridgehead atoms. The number of amides is 1. The van der Waals surface area contributed by atoms with Gasteiger partial charge in [0.2, 0.25) is 0 Å². The van der Waals surface area contributed by atoms with Crippen LogP contribution in [0.1, 0.15) is 21.5 Å². The Bertz CT molecular complexity index is 946. The Kier molecular flexibility index (Phi) is 7.14. The first-order valence-corrected chi connectivity index (χ1v) is 10.2. The number of nitrogens with zero attached hydrogens (tertiary/aromatic N) is 2. The lowest BCUT2D eigenvalue weighted by molar-refractivity contribution is 0.0784. The third-order valence-corrected chi connectivity index (χ3v) is 5.56. The summed E-state index contributed by atoms with van der Waals surface area (Å²) in [6.45, 7) is 0.448. The van der Waals surface area contributed by atoms with Gasteiger partial charge in [0.25, 0.3) is 5.91 Å². The quantitative estimate of drug-likeness (QED) is 0.507. The molecule has 0 saturated carbocycles. The standard InChI is InChI=1S/C23H24N2O3S/c1-25(15-19-6-9-20(27-2)13-22(19)28-3)23(26)18-7-10-21(11-8-18)29-16-17-5-4-12-24-14-17/h4-14H,15-16H2,1-3H3. The molecule has 1 aromatic heterocycles. The minimum atomic E-state index is -0.0355. The minimum Gasteiger partial charge on any atom is -0.497 e. The van der Waals surface area contributed by atoms with Gasteiger partial charge < -0.3 is 14.4 Å². The molecule has 5 nitrogen and oxygen atoms in total. The highest BCUT2D eigenvalue weighted by molar-refractivity contribution is 7.98. The fraction of sp³-hybridized carbons (Fsp3) is 0.217. The molecule has 6 heteroatoms. The van der Waals surface area contributed by atoms with Crippen molar-refractivity contribution in [2.45, 2.75) is 17.2 Å². The number of thioether (sulfide) groups is 1. The van der Waals surface area contributed by atoms with Gasteiger partial charge in [-0.15, -0.1) is 11.8 Å². The maximum absolute atomic E-state index is 12.8. The summed E-state index contributed by atoms with van der Waals surface area (Å²) < 4.78 is 10.7. The van der Waals surface area contributed by atoms with Crippen molar-refractivity contribution in [3.8, 4) is 11.5 Å². The Morgan fingerprint density at radius 1 is 1.07 bits per heavy atom. The van der Waals surface area contributed by atoms with E-state index in [-0.39, 0.29) is 5.91 Å². The highest BCUT2D eigenvalue weighted by Crippen LogP contribution is 2.26. The summed E-state index contributed by atoms with van der Waals surface area (Å²) in [4.78, 5) is 19.7. The summed E-state index contributed by atoms with van der Waals surface area (Å²) in [5.74, 6) is 2.23. The van der Waals surface area contributed by atoms with Crippen LogP contribution < -0.4 is 9.47 Å². The molecular weight excluding hydrogens is 384 g/mol. The Labute approximate surface area is 175 Å². The minimum absolute atomic E-state index is 0.0355. The number of methoxy groups -OCH3 is 2. The van der Waals surface area contributed by atoms with E-state index < -0.39 is 0 Å². The normalized spacial score (nSPS) is 10.4. The number of pyridine rings is 1. The van der Waals surface area contributed by atoms with Crippen molar-refractivity contribution in [3.63, 3.8) is 0 Å². The second kappa shape index (κ2) is 9.98. The molecule has 0 atom stereocenters. The van der Waals surface area contributed by atoms with Gasteiger partial charge in [0.05, 0.1) is 14.2 Å². The number of ether oxygens (including phenoxy) is 2. The first kappa shape index (κ1) is 20.7. The SMILES string of the molecule is COc1ccc(CN(C)C(=O)c2ccc(SCc3cccnc3)cc2)c(OC)c1. The predicted molar refractivity (Wildman–Crippen MR) is 116 cm³/mol. The van der Waals surface area contributed by atoms with Gasteiger partial charge in [-0.2, -0.15) is 0 Å². The van der Waals surface area contributed by atoms with Gasteiger partial charge in [-0.25, -0.2) is 0 Å². The van der Waals surface area contributed by atoms with Gasteiger partial charge in [0.15, 0.2) is 0 Å². The largest absolute Gasteiger partial charge is 0.497 e. The van der Waals surface area contributed by atoms with Gasteiger partial charge in [-0.1, -0.05) is 6.07 Å². The van der Waals surface area contributed by atoms with Crippen LogP contribution in [0.3, 0.4) is 0 Å². The molecule has 0 radical (unpaired) electrons. The predicted octanol–water partition coefficient (Wildman–Crippen LogP) is 4.66. The first-order chi connectivity index (χ1) is 14.1. The zero-order chi connectivity index (χ0) is 20.6. The van der Waals surface area contributed by atoms with E-state index in [1.807, 2.05) is 54.7 Å². The number of hydrogen-bond donors (Lipinski definition) is 0. The second-order valence-electron chi connectivity index (χ2n) is 6.51. The number of hydrogen-bond acceptors (Lipinski definition) is 5. The van der Waals surface area contributed by atoms with Gasteiger partial charge in [-0.3, -0.25) is 9.78 Å². The lowest BCUT2D eigenvalue weighted by Gasteiger charge is -2.19. The van der Waals surface area contributed by atoms with E-state index in [1.54, 1.807) is 44.1 Å². The van der Waals surface area contributed by atoms with E-state index in [2.05, 4.69) is 11.1 Å². The van der Waals surface area contributed by atoms with E-state index in [1.165, 1.54) is 5.56 Å².